The second kappa shape index (κ2) is 7.05. The fourth-order valence-corrected chi connectivity index (χ4v) is 3.97. The molecule has 5 nitrogen and oxygen atoms in total. The minimum Gasteiger partial charge on any atom is -0.385 e. The summed E-state index contributed by atoms with van der Waals surface area (Å²) in [7, 11) is 3.69. The van der Waals surface area contributed by atoms with Gasteiger partial charge in [0.25, 0.3) is 5.91 Å². The van der Waals surface area contributed by atoms with Crippen molar-refractivity contribution in [3.63, 3.8) is 0 Å². The Kier molecular flexibility index (Phi) is 5.07. The summed E-state index contributed by atoms with van der Waals surface area (Å²) in [5.41, 5.74) is 0.755. The molecule has 0 aliphatic carbocycles. The number of piperidine rings is 1. The lowest BCUT2D eigenvalue weighted by molar-refractivity contribution is -0.125. The maximum Gasteiger partial charge on any atom is 0.270 e. The van der Waals surface area contributed by atoms with Crippen LogP contribution in [0.25, 0.3) is 0 Å². The summed E-state index contributed by atoms with van der Waals surface area (Å²) >= 11 is 0. The number of ether oxygens (including phenoxy) is 2. The van der Waals surface area contributed by atoms with Crippen molar-refractivity contribution >= 4 is 5.91 Å². The van der Waals surface area contributed by atoms with Crippen molar-refractivity contribution in [2.75, 3.05) is 33.4 Å². The fraction of sp³-hybridized carbons (Fsp3) is 0.722. The molecule has 1 spiro atoms. The van der Waals surface area contributed by atoms with Gasteiger partial charge in [-0.2, -0.15) is 0 Å². The van der Waals surface area contributed by atoms with E-state index in [1.54, 1.807) is 7.11 Å². The van der Waals surface area contributed by atoms with Gasteiger partial charge in [-0.1, -0.05) is 0 Å². The average molecular weight is 320 g/mol. The van der Waals surface area contributed by atoms with Crippen LogP contribution in [0.1, 0.15) is 42.6 Å². The number of likely N-dealkylation sites (tertiary alicyclic amines) is 1. The monoisotopic (exact) mass is 320 g/mol. The van der Waals surface area contributed by atoms with Gasteiger partial charge in [-0.3, -0.25) is 4.79 Å². The highest BCUT2D eigenvalue weighted by Crippen LogP contribution is 2.39. The van der Waals surface area contributed by atoms with Crippen molar-refractivity contribution in [3.8, 4) is 0 Å². The summed E-state index contributed by atoms with van der Waals surface area (Å²) < 4.78 is 13.3. The van der Waals surface area contributed by atoms with Crippen LogP contribution >= 0.6 is 0 Å². The van der Waals surface area contributed by atoms with Crippen LogP contribution in [0.3, 0.4) is 0 Å². The van der Waals surface area contributed by atoms with E-state index in [0.29, 0.717) is 5.92 Å². The Labute approximate surface area is 138 Å². The number of carbonyl (C=O) groups excluding carboxylic acids is 1. The van der Waals surface area contributed by atoms with Crippen LogP contribution in [0.15, 0.2) is 18.3 Å². The number of amides is 1. The number of rotatable bonds is 4. The lowest BCUT2D eigenvalue weighted by Gasteiger charge is -2.46. The summed E-state index contributed by atoms with van der Waals surface area (Å²) in [6.45, 7) is 3.26. The maximum absolute atomic E-state index is 12.6. The number of methoxy groups -OCH3 is 1. The van der Waals surface area contributed by atoms with E-state index in [9.17, 15) is 4.79 Å². The quantitative estimate of drug-likeness (QED) is 0.856. The molecule has 0 saturated carbocycles. The molecule has 1 aromatic rings. The standard InChI is InChI=1S/C18H28N2O3/c1-19-9-3-4-16(19)17(21)20-10-7-18(8-11-20)14-15(5-12-22-2)6-13-23-18/h3-4,9,15H,5-8,10-14H2,1-2H3. The number of hydrogen-bond donors (Lipinski definition) is 0. The molecule has 2 saturated heterocycles. The highest BCUT2D eigenvalue weighted by molar-refractivity contribution is 5.92. The van der Waals surface area contributed by atoms with Gasteiger partial charge < -0.3 is 18.9 Å². The van der Waals surface area contributed by atoms with Gasteiger partial charge in [0.05, 0.1) is 5.60 Å². The smallest absolute Gasteiger partial charge is 0.270 e. The Morgan fingerprint density at radius 2 is 2.22 bits per heavy atom. The highest BCUT2D eigenvalue weighted by Gasteiger charge is 2.41. The Hall–Kier alpha value is -1.33. The minimum atomic E-state index is -0.0123. The van der Waals surface area contributed by atoms with Crippen LogP contribution < -0.4 is 0 Å². The summed E-state index contributed by atoms with van der Waals surface area (Å²) in [6.07, 6.45) is 7.19. The van der Waals surface area contributed by atoms with E-state index < -0.39 is 0 Å². The zero-order valence-corrected chi connectivity index (χ0v) is 14.3. The molecule has 3 heterocycles. The van der Waals surface area contributed by atoms with Crippen LogP contribution in [-0.2, 0) is 16.5 Å². The van der Waals surface area contributed by atoms with Crippen molar-refractivity contribution < 1.29 is 14.3 Å². The predicted octanol–water partition coefficient (Wildman–Crippen LogP) is 2.46. The van der Waals surface area contributed by atoms with E-state index in [1.807, 2.05) is 34.8 Å². The van der Waals surface area contributed by atoms with Crippen LogP contribution in [0.4, 0.5) is 0 Å². The summed E-state index contributed by atoms with van der Waals surface area (Å²) in [5, 5.41) is 0. The van der Waals surface area contributed by atoms with E-state index in [2.05, 4.69) is 0 Å². The molecular formula is C18H28N2O3. The molecular weight excluding hydrogens is 292 g/mol. The highest BCUT2D eigenvalue weighted by atomic mass is 16.5. The zero-order valence-electron chi connectivity index (χ0n) is 14.3. The first-order chi connectivity index (χ1) is 11.1. The Morgan fingerprint density at radius 1 is 1.43 bits per heavy atom. The summed E-state index contributed by atoms with van der Waals surface area (Å²) in [4.78, 5) is 14.6. The minimum absolute atomic E-state index is 0.0123. The van der Waals surface area contributed by atoms with E-state index in [0.717, 1.165) is 64.1 Å². The number of nitrogens with zero attached hydrogens (tertiary/aromatic N) is 2. The van der Waals surface area contributed by atoms with Crippen LogP contribution in [-0.4, -0.2) is 54.4 Å². The molecule has 128 valence electrons. The third-order valence-electron chi connectivity index (χ3n) is 5.45. The van der Waals surface area contributed by atoms with E-state index in [4.69, 9.17) is 9.47 Å². The normalized spacial score (nSPS) is 24.1. The maximum atomic E-state index is 12.6. The molecule has 0 N–H and O–H groups in total. The van der Waals surface area contributed by atoms with Gasteiger partial charge >= 0.3 is 0 Å². The van der Waals surface area contributed by atoms with E-state index in [1.165, 1.54) is 0 Å². The second-order valence-electron chi connectivity index (χ2n) is 6.97. The first-order valence-electron chi connectivity index (χ1n) is 8.67. The molecule has 1 atom stereocenters. The SMILES string of the molecule is COCCC1CCOC2(CCN(C(=O)c3cccn3C)CC2)C1. The Morgan fingerprint density at radius 3 is 2.87 bits per heavy atom. The van der Waals surface area contributed by atoms with Gasteiger partial charge in [-0.05, 0) is 50.2 Å². The van der Waals surface area contributed by atoms with Gasteiger partial charge in [0, 0.05) is 46.7 Å². The van der Waals surface area contributed by atoms with Crippen molar-refractivity contribution in [2.24, 2.45) is 13.0 Å². The largest absolute Gasteiger partial charge is 0.385 e. The average Bonchev–Trinajstić information content (AvgIpc) is 2.99. The topological polar surface area (TPSA) is 43.7 Å². The van der Waals surface area contributed by atoms with Crippen LogP contribution in [0.5, 0.6) is 0 Å². The number of aryl methyl sites for hydroxylation is 1. The zero-order chi connectivity index (χ0) is 16.3. The molecule has 2 aliphatic heterocycles. The number of carbonyl (C=O) groups is 1. The summed E-state index contributed by atoms with van der Waals surface area (Å²) in [5.74, 6) is 0.831. The molecule has 1 amide bonds. The Bertz CT molecular complexity index is 532. The van der Waals surface area contributed by atoms with E-state index in [-0.39, 0.29) is 11.5 Å². The van der Waals surface area contributed by atoms with E-state index >= 15 is 0 Å². The number of hydrogen-bond acceptors (Lipinski definition) is 3. The molecule has 2 aliphatic rings. The molecule has 5 heteroatoms. The Balaban J connectivity index is 1.57. The predicted molar refractivity (Wildman–Crippen MR) is 88.5 cm³/mol. The lowest BCUT2D eigenvalue weighted by atomic mass is 9.78. The van der Waals surface area contributed by atoms with Crippen LogP contribution in [0, 0.1) is 5.92 Å². The first-order valence-corrected chi connectivity index (χ1v) is 8.67. The van der Waals surface area contributed by atoms with Crippen molar-refractivity contribution in [1.29, 1.82) is 0 Å². The molecule has 2 fully saturated rings. The van der Waals surface area contributed by atoms with Gasteiger partial charge in [0.1, 0.15) is 5.69 Å². The van der Waals surface area contributed by atoms with Crippen molar-refractivity contribution in [2.45, 2.75) is 37.7 Å². The second-order valence-corrected chi connectivity index (χ2v) is 6.97. The van der Waals surface area contributed by atoms with Crippen molar-refractivity contribution in [1.82, 2.24) is 9.47 Å². The number of aromatic nitrogens is 1. The van der Waals surface area contributed by atoms with Gasteiger partial charge in [0.2, 0.25) is 0 Å². The first kappa shape index (κ1) is 16.5. The molecule has 0 radical (unpaired) electrons. The van der Waals surface area contributed by atoms with Gasteiger partial charge in [-0.15, -0.1) is 0 Å². The molecule has 1 aromatic heterocycles. The molecule has 1 unspecified atom stereocenters. The lowest BCUT2D eigenvalue weighted by Crippen LogP contribution is -2.51. The summed E-state index contributed by atoms with van der Waals surface area (Å²) in [6, 6.07) is 3.81. The molecule has 0 bridgehead atoms. The molecule has 0 aromatic carbocycles. The third-order valence-corrected chi connectivity index (χ3v) is 5.45. The fourth-order valence-electron chi connectivity index (χ4n) is 3.97. The molecule has 23 heavy (non-hydrogen) atoms. The van der Waals surface area contributed by atoms with Gasteiger partial charge in [0.15, 0.2) is 0 Å². The van der Waals surface area contributed by atoms with Crippen LogP contribution in [0.2, 0.25) is 0 Å². The molecule has 3 rings (SSSR count). The van der Waals surface area contributed by atoms with Gasteiger partial charge in [-0.25, -0.2) is 0 Å². The third kappa shape index (κ3) is 3.61. The van der Waals surface area contributed by atoms with Crippen molar-refractivity contribution in [3.05, 3.63) is 24.0 Å².